The molecule has 0 atom stereocenters. The van der Waals surface area contributed by atoms with Crippen LogP contribution in [0.2, 0.25) is 0 Å². The largest absolute Gasteiger partial charge is 0.345 e. The molecular weight excluding hydrogens is 492 g/mol. The van der Waals surface area contributed by atoms with Gasteiger partial charge in [-0.3, -0.25) is 4.90 Å². The van der Waals surface area contributed by atoms with E-state index in [-0.39, 0.29) is 6.10 Å². The summed E-state index contributed by atoms with van der Waals surface area (Å²) >= 11 is -1.77. The monoisotopic (exact) mass is 522 g/mol. The van der Waals surface area contributed by atoms with E-state index in [9.17, 15) is 0 Å². The van der Waals surface area contributed by atoms with Crippen LogP contribution in [0.5, 0.6) is 5.75 Å². The topological polar surface area (TPSA) is 15.7 Å². The maximum Gasteiger partial charge on any atom is 0.177 e. The van der Waals surface area contributed by atoms with Gasteiger partial charge in [0, 0.05) is 18.8 Å². The molecule has 0 unspecified atom stereocenters. The summed E-state index contributed by atoms with van der Waals surface area (Å²) in [6.45, 7) is 15.9. The number of anilines is 1. The average Bonchev–Trinajstić information content (AvgIpc) is 3.01. The van der Waals surface area contributed by atoms with Gasteiger partial charge >= 0.3 is 97.8 Å². The molecule has 6 heteroatoms. The molecule has 0 bridgehead atoms. The molecular formula is C23H30Cl2N2ORu. The van der Waals surface area contributed by atoms with E-state index >= 15 is 0 Å². The van der Waals surface area contributed by atoms with Crippen molar-refractivity contribution in [3.05, 3.63) is 65.3 Å². The van der Waals surface area contributed by atoms with Crippen LogP contribution in [-0.4, -0.2) is 35.8 Å². The van der Waals surface area contributed by atoms with Crippen LogP contribution in [0.1, 0.15) is 36.1 Å². The maximum absolute atomic E-state index is 5.82. The molecule has 0 spiro atoms. The number of nitrogens with zero attached hydrogens (tertiary/aromatic N) is 2. The first-order chi connectivity index (χ1) is 13.7. The van der Waals surface area contributed by atoms with Crippen molar-refractivity contribution in [1.82, 2.24) is 4.90 Å². The zero-order valence-electron chi connectivity index (χ0n) is 17.9. The van der Waals surface area contributed by atoms with Crippen molar-refractivity contribution in [3.8, 4) is 5.75 Å². The Balaban J connectivity index is 0.000000208. The molecule has 0 aromatic heterocycles. The molecule has 160 valence electrons. The molecule has 3 nitrogen and oxygen atoms in total. The number of rotatable bonds is 4. The fourth-order valence-electron chi connectivity index (χ4n) is 3.33. The van der Waals surface area contributed by atoms with Crippen molar-refractivity contribution in [2.24, 2.45) is 0 Å². The van der Waals surface area contributed by atoms with Gasteiger partial charge in [-0.25, -0.2) is 0 Å². The summed E-state index contributed by atoms with van der Waals surface area (Å²) in [5.41, 5.74) is 6.34. The van der Waals surface area contributed by atoms with Crippen LogP contribution in [0.3, 0.4) is 0 Å². The second-order valence-corrected chi connectivity index (χ2v) is 13.2. The minimum atomic E-state index is -1.77. The number of hydrogen-bond donors (Lipinski definition) is 0. The summed E-state index contributed by atoms with van der Waals surface area (Å²) in [4.78, 5) is 4.34. The number of aryl methyl sites for hydroxylation is 3. The zero-order valence-corrected chi connectivity index (χ0v) is 21.2. The first-order valence-electron chi connectivity index (χ1n) is 9.59. The van der Waals surface area contributed by atoms with Crippen molar-refractivity contribution in [2.45, 2.75) is 40.7 Å². The average molecular weight is 522 g/mol. The Morgan fingerprint density at radius 1 is 1.07 bits per heavy atom. The van der Waals surface area contributed by atoms with Gasteiger partial charge in [-0.05, 0) is 38.9 Å². The Morgan fingerprint density at radius 3 is 2.21 bits per heavy atom. The predicted molar refractivity (Wildman–Crippen MR) is 123 cm³/mol. The Morgan fingerprint density at radius 2 is 1.69 bits per heavy atom. The third kappa shape index (κ3) is 7.68. The van der Waals surface area contributed by atoms with Crippen molar-refractivity contribution < 1.29 is 18.3 Å². The molecule has 0 saturated carbocycles. The molecule has 1 saturated heterocycles. The standard InChI is InChI=1S/C13H18N2.C10H12O.2ClH.Ru/c1-10-7-11(2)13(12(3)8-10)15-6-5-14(4)9-15;1-8(2)11-10-7-5-4-6-9(10)3;;;/h7-8H,5-6H2,1-4H3;3-8H,1-2H3;2*1H;/q;;;;+2/p-2. The van der Waals surface area contributed by atoms with Crippen LogP contribution in [0.15, 0.2) is 36.4 Å². The first-order valence-corrected chi connectivity index (χ1v) is 15.1. The number of para-hydroxylation sites is 1. The molecule has 1 aliphatic rings. The normalized spacial score (nSPS) is 14.5. The van der Waals surface area contributed by atoms with Crippen LogP contribution in [-0.2, 0) is 13.5 Å². The molecule has 2 aromatic rings. The number of benzene rings is 2. The Kier molecular flexibility index (Phi) is 9.62. The SMILES string of the molecule is CC(C)Oc1ccccc1[CH]=[Ru]([Cl])[Cl].Cc1cc(C)c(N2[C]N(C)CC2)c(C)c1. The van der Waals surface area contributed by atoms with Gasteiger partial charge in [0.1, 0.15) is 0 Å². The van der Waals surface area contributed by atoms with Gasteiger partial charge in [0.05, 0.1) is 0 Å². The van der Waals surface area contributed by atoms with Crippen LogP contribution < -0.4 is 9.64 Å². The van der Waals surface area contributed by atoms with Crippen LogP contribution >= 0.6 is 19.4 Å². The fraction of sp³-hybridized carbons (Fsp3) is 0.391. The van der Waals surface area contributed by atoms with E-state index in [2.05, 4.69) is 56.4 Å². The molecule has 1 aliphatic heterocycles. The summed E-state index contributed by atoms with van der Waals surface area (Å²) in [5, 5.41) is 0. The number of likely N-dealkylation sites (N-methyl/N-ethyl adjacent to an activating group) is 1. The first kappa shape index (κ1) is 24.3. The molecule has 2 radical (unpaired) electrons. The predicted octanol–water partition coefficient (Wildman–Crippen LogP) is 5.91. The summed E-state index contributed by atoms with van der Waals surface area (Å²) in [6.07, 6.45) is 0.163. The molecule has 0 aliphatic carbocycles. The van der Waals surface area contributed by atoms with E-state index < -0.39 is 13.5 Å². The Labute approximate surface area is 189 Å². The Bertz CT molecular complexity index is 828. The van der Waals surface area contributed by atoms with E-state index in [1.54, 1.807) is 0 Å². The van der Waals surface area contributed by atoms with E-state index in [1.807, 2.05) is 42.7 Å². The number of hydrogen-bond acceptors (Lipinski definition) is 3. The van der Waals surface area contributed by atoms with Crippen molar-refractivity contribution >= 4 is 29.7 Å². The van der Waals surface area contributed by atoms with Crippen LogP contribution in [0.25, 0.3) is 0 Å². The molecule has 0 amide bonds. The molecule has 3 rings (SSSR count). The third-order valence-electron chi connectivity index (χ3n) is 4.32. The zero-order chi connectivity index (χ0) is 21.6. The minimum absolute atomic E-state index is 0.163. The van der Waals surface area contributed by atoms with Gasteiger partial charge in [0.2, 0.25) is 0 Å². The van der Waals surface area contributed by atoms with Gasteiger partial charge in [-0.1, -0.05) is 17.7 Å². The summed E-state index contributed by atoms with van der Waals surface area (Å²) in [6, 6.07) is 12.3. The summed E-state index contributed by atoms with van der Waals surface area (Å²) in [5.74, 6) is 0.850. The molecule has 1 heterocycles. The van der Waals surface area contributed by atoms with Crippen LogP contribution in [0.4, 0.5) is 5.69 Å². The van der Waals surface area contributed by atoms with Gasteiger partial charge in [-0.2, -0.15) is 0 Å². The maximum atomic E-state index is 5.82. The number of ether oxygens (including phenoxy) is 1. The molecule has 2 aromatic carbocycles. The molecule has 29 heavy (non-hydrogen) atoms. The fourth-order valence-corrected chi connectivity index (χ4v) is 5.13. The molecule has 0 N–H and O–H groups in total. The van der Waals surface area contributed by atoms with Crippen molar-refractivity contribution in [2.75, 3.05) is 25.0 Å². The van der Waals surface area contributed by atoms with Crippen molar-refractivity contribution in [3.63, 3.8) is 0 Å². The second-order valence-electron chi connectivity index (χ2n) is 7.43. The second kappa shape index (κ2) is 11.5. The van der Waals surface area contributed by atoms with E-state index in [0.717, 1.165) is 24.4 Å². The van der Waals surface area contributed by atoms with Crippen LogP contribution in [0, 0.1) is 27.4 Å². The van der Waals surface area contributed by atoms with Gasteiger partial charge in [0.25, 0.3) is 0 Å². The van der Waals surface area contributed by atoms with Gasteiger partial charge < -0.3 is 4.90 Å². The molecule has 1 fully saturated rings. The van der Waals surface area contributed by atoms with E-state index in [1.165, 1.54) is 22.4 Å². The van der Waals surface area contributed by atoms with E-state index in [0.29, 0.717) is 0 Å². The summed E-state index contributed by atoms with van der Waals surface area (Å²) in [7, 11) is 13.7. The Hall–Kier alpha value is -0.927. The van der Waals surface area contributed by atoms with Crippen molar-refractivity contribution in [1.29, 1.82) is 0 Å². The third-order valence-corrected chi connectivity index (χ3v) is 6.16. The minimum Gasteiger partial charge on any atom is -0.345 e. The number of halogens is 2. The quantitative estimate of drug-likeness (QED) is 0.465. The smallest absolute Gasteiger partial charge is 0.177 e. The van der Waals surface area contributed by atoms with E-state index in [4.69, 9.17) is 24.1 Å². The van der Waals surface area contributed by atoms with Gasteiger partial charge in [0.15, 0.2) is 6.67 Å². The summed E-state index contributed by atoms with van der Waals surface area (Å²) < 4.78 is 7.51. The van der Waals surface area contributed by atoms with Gasteiger partial charge in [-0.15, -0.1) is 0 Å².